The molecule has 34 heavy (non-hydrogen) atoms. The van der Waals surface area contributed by atoms with E-state index in [1.807, 2.05) is 27.0 Å². The van der Waals surface area contributed by atoms with Gasteiger partial charge < -0.3 is 9.84 Å². The zero-order valence-corrected chi connectivity index (χ0v) is 19.3. The Morgan fingerprint density at radius 2 is 2.12 bits per heavy atom. The molecule has 0 saturated heterocycles. The molecular formula is C22H20ClFN8O2. The van der Waals surface area contributed by atoms with Crippen molar-refractivity contribution in [2.45, 2.75) is 32.9 Å². The molecule has 1 amide bonds. The number of halogens is 2. The van der Waals surface area contributed by atoms with Gasteiger partial charge in [0.2, 0.25) is 5.91 Å². The maximum absolute atomic E-state index is 14.0. The van der Waals surface area contributed by atoms with Gasteiger partial charge in [0, 0.05) is 30.5 Å². The minimum absolute atomic E-state index is 0.0236. The molecule has 1 atom stereocenters. The molecule has 0 fully saturated rings. The molecule has 10 nitrogen and oxygen atoms in total. The van der Waals surface area contributed by atoms with E-state index in [2.05, 4.69) is 25.7 Å². The molecule has 0 aliphatic carbocycles. The molecule has 0 aliphatic heterocycles. The number of rotatable bonds is 7. The Labute approximate surface area is 198 Å². The lowest BCUT2D eigenvalue weighted by Gasteiger charge is -2.13. The van der Waals surface area contributed by atoms with Gasteiger partial charge in [-0.2, -0.15) is 20.4 Å². The van der Waals surface area contributed by atoms with E-state index in [9.17, 15) is 9.18 Å². The van der Waals surface area contributed by atoms with Gasteiger partial charge in [0.15, 0.2) is 11.5 Å². The van der Waals surface area contributed by atoms with Crippen LogP contribution >= 0.6 is 11.6 Å². The van der Waals surface area contributed by atoms with Gasteiger partial charge in [0.1, 0.15) is 17.4 Å². The van der Waals surface area contributed by atoms with E-state index in [4.69, 9.17) is 21.4 Å². The highest BCUT2D eigenvalue weighted by molar-refractivity contribution is 6.32. The third-order valence-electron chi connectivity index (χ3n) is 5.08. The average Bonchev–Trinajstić information content (AvgIpc) is 3.49. The maximum atomic E-state index is 14.0. The van der Waals surface area contributed by atoms with Gasteiger partial charge in [-0.15, -0.1) is 0 Å². The normalized spacial score (nSPS) is 11.9. The SMILES string of the molecule is Cc1cc(-c2nc(CC(=O)N[C@@H](C)Cn3ccc(-c4cc(F)c(C#N)c(Cl)c4)n3)no2)nn1C. The minimum Gasteiger partial charge on any atom is -0.351 e. The summed E-state index contributed by atoms with van der Waals surface area (Å²) in [5, 5.41) is 24.4. The van der Waals surface area contributed by atoms with Gasteiger partial charge in [0.05, 0.1) is 23.7 Å². The Morgan fingerprint density at radius 1 is 1.32 bits per heavy atom. The first kappa shape index (κ1) is 23.1. The van der Waals surface area contributed by atoms with Gasteiger partial charge in [-0.05, 0) is 38.1 Å². The molecule has 1 aromatic carbocycles. The lowest BCUT2D eigenvalue weighted by atomic mass is 10.1. The van der Waals surface area contributed by atoms with E-state index in [0.717, 1.165) is 5.69 Å². The number of aryl methyl sites for hydroxylation is 2. The van der Waals surface area contributed by atoms with Crippen LogP contribution in [0.3, 0.4) is 0 Å². The van der Waals surface area contributed by atoms with Gasteiger partial charge in [0.25, 0.3) is 5.89 Å². The van der Waals surface area contributed by atoms with Crippen LogP contribution in [0.2, 0.25) is 5.02 Å². The third kappa shape index (κ3) is 4.97. The molecule has 4 aromatic rings. The third-order valence-corrected chi connectivity index (χ3v) is 5.38. The number of benzene rings is 1. The van der Waals surface area contributed by atoms with E-state index in [1.54, 1.807) is 27.7 Å². The van der Waals surface area contributed by atoms with Crippen LogP contribution < -0.4 is 5.32 Å². The standard InChI is InChI=1S/C22H20ClFN8O2/c1-12(11-32-5-4-18(29-32)14-7-16(23)15(10-25)17(24)8-14)26-21(33)9-20-27-22(34-30-20)19-6-13(2)31(3)28-19/h4-8,12H,9,11H2,1-3H3,(H,26,33)/t12-/m0/s1. The summed E-state index contributed by atoms with van der Waals surface area (Å²) in [4.78, 5) is 16.7. The lowest BCUT2D eigenvalue weighted by molar-refractivity contribution is -0.121. The van der Waals surface area contributed by atoms with Crippen LogP contribution in [0.15, 0.2) is 35.0 Å². The van der Waals surface area contributed by atoms with Crippen LogP contribution in [0.5, 0.6) is 0 Å². The summed E-state index contributed by atoms with van der Waals surface area (Å²) in [5.74, 6) is -0.472. The number of aromatic nitrogens is 6. The molecule has 0 radical (unpaired) electrons. The Kier molecular flexibility index (Phi) is 6.43. The average molecular weight is 483 g/mol. The molecule has 12 heteroatoms. The molecule has 0 aliphatic rings. The van der Waals surface area contributed by atoms with E-state index >= 15 is 0 Å². The highest BCUT2D eigenvalue weighted by Gasteiger charge is 2.17. The predicted octanol–water partition coefficient (Wildman–Crippen LogP) is 3.05. The second-order valence-electron chi connectivity index (χ2n) is 7.81. The molecule has 174 valence electrons. The Bertz CT molecular complexity index is 1360. The van der Waals surface area contributed by atoms with Crippen LogP contribution in [-0.2, 0) is 24.8 Å². The smallest absolute Gasteiger partial charge is 0.278 e. The van der Waals surface area contributed by atoms with E-state index in [0.29, 0.717) is 23.5 Å². The molecule has 0 saturated carbocycles. The molecule has 3 aromatic heterocycles. The first-order chi connectivity index (χ1) is 16.2. The van der Waals surface area contributed by atoms with Crippen molar-refractivity contribution in [1.29, 1.82) is 5.26 Å². The van der Waals surface area contributed by atoms with Crippen molar-refractivity contribution in [2.24, 2.45) is 7.05 Å². The maximum Gasteiger partial charge on any atom is 0.278 e. The van der Waals surface area contributed by atoms with Gasteiger partial charge in [-0.3, -0.25) is 14.2 Å². The zero-order valence-electron chi connectivity index (χ0n) is 18.6. The summed E-state index contributed by atoms with van der Waals surface area (Å²) in [7, 11) is 1.81. The summed E-state index contributed by atoms with van der Waals surface area (Å²) in [6.45, 7) is 4.11. The van der Waals surface area contributed by atoms with Crippen molar-refractivity contribution in [3.8, 4) is 28.9 Å². The van der Waals surface area contributed by atoms with Gasteiger partial charge >= 0.3 is 0 Å². The highest BCUT2D eigenvalue weighted by Crippen LogP contribution is 2.26. The molecule has 0 spiro atoms. The molecule has 0 unspecified atom stereocenters. The number of hydrogen-bond acceptors (Lipinski definition) is 7. The lowest BCUT2D eigenvalue weighted by Crippen LogP contribution is -2.36. The van der Waals surface area contributed by atoms with Gasteiger partial charge in [-0.25, -0.2) is 4.39 Å². The van der Waals surface area contributed by atoms with Crippen molar-refractivity contribution in [2.75, 3.05) is 0 Å². The van der Waals surface area contributed by atoms with Crippen molar-refractivity contribution in [1.82, 2.24) is 35.0 Å². The minimum atomic E-state index is -0.706. The second-order valence-corrected chi connectivity index (χ2v) is 8.21. The summed E-state index contributed by atoms with van der Waals surface area (Å²) < 4.78 is 22.6. The number of nitriles is 1. The molecular weight excluding hydrogens is 463 g/mol. The van der Waals surface area contributed by atoms with E-state index in [-0.39, 0.29) is 40.7 Å². The largest absolute Gasteiger partial charge is 0.351 e. The Morgan fingerprint density at radius 3 is 2.79 bits per heavy atom. The monoisotopic (exact) mass is 482 g/mol. The molecule has 0 bridgehead atoms. The number of hydrogen-bond donors (Lipinski definition) is 1. The summed E-state index contributed by atoms with van der Waals surface area (Å²) >= 11 is 5.98. The second kappa shape index (κ2) is 9.44. The summed E-state index contributed by atoms with van der Waals surface area (Å²) in [5.41, 5.74) is 2.23. The number of carbonyl (C=O) groups excluding carboxylic acids is 1. The highest BCUT2D eigenvalue weighted by atomic mass is 35.5. The zero-order chi connectivity index (χ0) is 24.4. The summed E-state index contributed by atoms with van der Waals surface area (Å²) in [6, 6.07) is 7.70. The number of nitrogens with zero attached hydrogens (tertiary/aromatic N) is 7. The van der Waals surface area contributed by atoms with Crippen molar-refractivity contribution in [3.63, 3.8) is 0 Å². The van der Waals surface area contributed by atoms with E-state index in [1.165, 1.54) is 12.1 Å². The van der Waals surface area contributed by atoms with Crippen LogP contribution in [0.25, 0.3) is 22.8 Å². The van der Waals surface area contributed by atoms with E-state index < -0.39 is 5.82 Å². The topological polar surface area (TPSA) is 127 Å². The van der Waals surface area contributed by atoms with Crippen LogP contribution in [0.1, 0.15) is 24.0 Å². The van der Waals surface area contributed by atoms with Crippen LogP contribution in [0.4, 0.5) is 4.39 Å². The van der Waals surface area contributed by atoms with Crippen LogP contribution in [0, 0.1) is 24.1 Å². The summed E-state index contributed by atoms with van der Waals surface area (Å²) in [6.07, 6.45) is 1.66. The first-order valence-corrected chi connectivity index (χ1v) is 10.7. The fourth-order valence-electron chi connectivity index (χ4n) is 3.34. The first-order valence-electron chi connectivity index (χ1n) is 10.3. The number of carbonyl (C=O) groups is 1. The van der Waals surface area contributed by atoms with Gasteiger partial charge in [-0.1, -0.05) is 16.8 Å². The predicted molar refractivity (Wildman–Crippen MR) is 120 cm³/mol. The number of amides is 1. The van der Waals surface area contributed by atoms with Crippen molar-refractivity contribution < 1.29 is 13.7 Å². The van der Waals surface area contributed by atoms with Crippen molar-refractivity contribution >= 4 is 17.5 Å². The fourth-order valence-corrected chi connectivity index (χ4v) is 3.59. The molecule has 1 N–H and O–H groups in total. The molecule has 4 rings (SSSR count). The van der Waals surface area contributed by atoms with Crippen molar-refractivity contribution in [3.05, 3.63) is 58.4 Å². The fraction of sp³-hybridized carbons (Fsp3) is 0.273. The molecule has 3 heterocycles. The Hall–Kier alpha value is -4.04. The van der Waals surface area contributed by atoms with Crippen LogP contribution in [-0.4, -0.2) is 41.7 Å². The number of nitrogens with one attached hydrogen (secondary N) is 1. The Balaban J connectivity index is 1.35. The quantitative estimate of drug-likeness (QED) is 0.428.